The lowest BCUT2D eigenvalue weighted by Gasteiger charge is -2.07. The second-order valence-corrected chi connectivity index (χ2v) is 5.01. The molecule has 5 heteroatoms. The Kier molecular flexibility index (Phi) is 5.72. The van der Waals surface area contributed by atoms with Gasteiger partial charge in [0.05, 0.1) is 6.61 Å². The van der Waals surface area contributed by atoms with Gasteiger partial charge in [-0.15, -0.1) is 0 Å². The molecule has 0 saturated carbocycles. The third kappa shape index (κ3) is 4.85. The quantitative estimate of drug-likeness (QED) is 0.656. The first-order valence-corrected chi connectivity index (χ1v) is 7.19. The molecule has 0 atom stereocenters. The number of rotatable bonds is 6. The third-order valence-corrected chi connectivity index (χ3v) is 3.06. The average Bonchev–Trinajstić information content (AvgIpc) is 2.48. The highest BCUT2D eigenvalue weighted by Gasteiger charge is 2.09. The van der Waals surface area contributed by atoms with Gasteiger partial charge in [0, 0.05) is 11.3 Å². The zero-order chi connectivity index (χ0) is 15.1. The summed E-state index contributed by atoms with van der Waals surface area (Å²) < 4.78 is 0. The first-order valence-electron chi connectivity index (χ1n) is 6.81. The maximum Gasteiger partial charge on any atom is 0.275 e. The molecule has 1 heterocycles. The minimum absolute atomic E-state index is 0.313. The number of nitrogens with one attached hydrogen (secondary N) is 1. The first-order chi connectivity index (χ1) is 10.2. The smallest absolute Gasteiger partial charge is 0.269 e. The van der Waals surface area contributed by atoms with Gasteiger partial charge in [0.2, 0.25) is 0 Å². The number of halogens is 1. The van der Waals surface area contributed by atoms with E-state index < -0.39 is 0 Å². The van der Waals surface area contributed by atoms with Gasteiger partial charge in [-0.3, -0.25) is 9.63 Å². The van der Waals surface area contributed by atoms with Gasteiger partial charge in [-0.1, -0.05) is 55.3 Å². The molecule has 4 nitrogen and oxygen atoms in total. The fourth-order valence-electron chi connectivity index (χ4n) is 1.88. The summed E-state index contributed by atoms with van der Waals surface area (Å²) in [6.07, 6.45) is 1.73. The van der Waals surface area contributed by atoms with Gasteiger partial charge in [0.25, 0.3) is 5.91 Å². The second kappa shape index (κ2) is 7.76. The van der Waals surface area contributed by atoms with Crippen LogP contribution in [-0.4, -0.2) is 10.9 Å². The number of amides is 1. The molecular weight excluding hydrogens is 288 g/mol. The molecule has 1 aromatic heterocycles. The average molecular weight is 305 g/mol. The fourth-order valence-corrected chi connectivity index (χ4v) is 2.11. The molecule has 0 fully saturated rings. The molecule has 1 N–H and O–H groups in total. The van der Waals surface area contributed by atoms with Gasteiger partial charge in [0.1, 0.15) is 5.15 Å². The zero-order valence-corrected chi connectivity index (χ0v) is 12.6. The summed E-state index contributed by atoms with van der Waals surface area (Å²) in [4.78, 5) is 21.4. The van der Waals surface area contributed by atoms with Crippen LogP contribution in [0, 0.1) is 0 Å². The summed E-state index contributed by atoms with van der Waals surface area (Å²) >= 11 is 5.93. The van der Waals surface area contributed by atoms with Crippen LogP contribution < -0.4 is 5.48 Å². The predicted octanol–water partition coefficient (Wildman–Crippen LogP) is 3.55. The van der Waals surface area contributed by atoms with Crippen molar-refractivity contribution in [2.45, 2.75) is 26.4 Å². The van der Waals surface area contributed by atoms with Crippen LogP contribution in [0.4, 0.5) is 0 Å². The first kappa shape index (κ1) is 15.5. The van der Waals surface area contributed by atoms with Gasteiger partial charge in [-0.2, -0.15) is 0 Å². The van der Waals surface area contributed by atoms with Crippen molar-refractivity contribution in [2.75, 3.05) is 0 Å². The number of aryl methyl sites for hydroxylation is 1. The number of nitrogens with zero attached hydrogens (tertiary/aromatic N) is 1. The monoisotopic (exact) mass is 304 g/mol. The van der Waals surface area contributed by atoms with E-state index in [1.165, 1.54) is 6.07 Å². The summed E-state index contributed by atoms with van der Waals surface area (Å²) in [5.41, 5.74) is 4.66. The molecule has 0 bridgehead atoms. The van der Waals surface area contributed by atoms with Crippen LogP contribution in [0.5, 0.6) is 0 Å². The molecule has 0 aliphatic carbocycles. The Morgan fingerprint density at radius 2 is 2.05 bits per heavy atom. The lowest BCUT2D eigenvalue weighted by Crippen LogP contribution is -2.23. The minimum Gasteiger partial charge on any atom is -0.269 e. The van der Waals surface area contributed by atoms with E-state index in [9.17, 15) is 4.79 Å². The number of hydrogen-bond acceptors (Lipinski definition) is 3. The van der Waals surface area contributed by atoms with E-state index in [-0.39, 0.29) is 5.91 Å². The van der Waals surface area contributed by atoms with Gasteiger partial charge in [0.15, 0.2) is 0 Å². The Hall–Kier alpha value is -1.91. The summed E-state index contributed by atoms with van der Waals surface area (Å²) in [7, 11) is 0. The minimum atomic E-state index is -0.326. The molecule has 0 aliphatic rings. The van der Waals surface area contributed by atoms with Crippen molar-refractivity contribution in [2.24, 2.45) is 0 Å². The maximum atomic E-state index is 12.0. The Balaban J connectivity index is 1.94. The molecule has 0 saturated heterocycles. The highest BCUT2D eigenvalue weighted by molar-refractivity contribution is 6.29. The van der Waals surface area contributed by atoms with E-state index in [0.29, 0.717) is 17.3 Å². The second-order valence-electron chi connectivity index (χ2n) is 4.63. The van der Waals surface area contributed by atoms with E-state index in [1.54, 1.807) is 6.07 Å². The van der Waals surface area contributed by atoms with Gasteiger partial charge < -0.3 is 0 Å². The summed E-state index contributed by atoms with van der Waals surface area (Å²) in [6.45, 7) is 2.36. The van der Waals surface area contributed by atoms with E-state index in [2.05, 4.69) is 10.5 Å². The highest BCUT2D eigenvalue weighted by atomic mass is 35.5. The molecule has 110 valence electrons. The van der Waals surface area contributed by atoms with E-state index >= 15 is 0 Å². The number of hydrogen-bond donors (Lipinski definition) is 1. The molecular formula is C16H17ClN2O2. The molecule has 1 aromatic carbocycles. The van der Waals surface area contributed by atoms with Crippen LogP contribution in [0.1, 0.15) is 35.0 Å². The van der Waals surface area contributed by atoms with Gasteiger partial charge >= 0.3 is 0 Å². The predicted molar refractivity (Wildman–Crippen MR) is 81.9 cm³/mol. The SMILES string of the molecule is CCCc1cc(C(=O)NOCc2ccccc2)cc(Cl)n1. The van der Waals surface area contributed by atoms with Crippen LogP contribution in [0.2, 0.25) is 5.15 Å². The van der Waals surface area contributed by atoms with Crippen molar-refractivity contribution >= 4 is 17.5 Å². The number of hydroxylamine groups is 1. The highest BCUT2D eigenvalue weighted by Crippen LogP contribution is 2.12. The molecule has 2 aromatic rings. The Morgan fingerprint density at radius 3 is 2.76 bits per heavy atom. The summed E-state index contributed by atoms with van der Waals surface area (Å²) in [5, 5.41) is 0.314. The largest absolute Gasteiger partial charge is 0.275 e. The Bertz CT molecular complexity index is 602. The van der Waals surface area contributed by atoms with Gasteiger partial charge in [-0.25, -0.2) is 10.5 Å². The fraction of sp³-hybridized carbons (Fsp3) is 0.250. The van der Waals surface area contributed by atoms with Crippen molar-refractivity contribution in [3.63, 3.8) is 0 Å². The number of aromatic nitrogens is 1. The Labute approximate surface area is 129 Å². The number of benzene rings is 1. The summed E-state index contributed by atoms with van der Waals surface area (Å²) in [6, 6.07) is 12.9. The normalized spacial score (nSPS) is 10.4. The lowest BCUT2D eigenvalue weighted by molar-refractivity contribution is 0.0233. The van der Waals surface area contributed by atoms with E-state index in [4.69, 9.17) is 16.4 Å². The Morgan fingerprint density at radius 1 is 1.29 bits per heavy atom. The molecule has 0 radical (unpaired) electrons. The molecule has 0 spiro atoms. The van der Waals surface area contributed by atoms with Gasteiger partial charge in [-0.05, 0) is 24.1 Å². The zero-order valence-electron chi connectivity index (χ0n) is 11.8. The molecule has 1 amide bonds. The maximum absolute atomic E-state index is 12.0. The van der Waals surface area contributed by atoms with E-state index in [1.807, 2.05) is 37.3 Å². The van der Waals surface area contributed by atoms with Crippen molar-refractivity contribution < 1.29 is 9.63 Å². The standard InChI is InChI=1S/C16H17ClN2O2/c1-2-6-14-9-13(10-15(17)18-14)16(20)19-21-11-12-7-4-3-5-8-12/h3-5,7-10H,2,6,11H2,1H3,(H,19,20). The topological polar surface area (TPSA) is 51.2 Å². The number of carbonyl (C=O) groups excluding carboxylic acids is 1. The molecule has 0 aliphatic heterocycles. The lowest BCUT2D eigenvalue weighted by atomic mass is 10.1. The van der Waals surface area contributed by atoms with Crippen LogP contribution in [0.15, 0.2) is 42.5 Å². The number of carbonyl (C=O) groups is 1. The van der Waals surface area contributed by atoms with Crippen molar-refractivity contribution in [3.05, 3.63) is 64.4 Å². The van der Waals surface area contributed by atoms with Crippen LogP contribution in [-0.2, 0) is 17.9 Å². The van der Waals surface area contributed by atoms with E-state index in [0.717, 1.165) is 24.1 Å². The van der Waals surface area contributed by atoms with Crippen molar-refractivity contribution in [3.8, 4) is 0 Å². The van der Waals surface area contributed by atoms with Crippen molar-refractivity contribution in [1.29, 1.82) is 0 Å². The molecule has 21 heavy (non-hydrogen) atoms. The number of pyridine rings is 1. The van der Waals surface area contributed by atoms with Crippen molar-refractivity contribution in [1.82, 2.24) is 10.5 Å². The molecule has 2 rings (SSSR count). The molecule has 0 unspecified atom stereocenters. The van der Waals surface area contributed by atoms with Crippen LogP contribution >= 0.6 is 11.6 Å². The third-order valence-electron chi connectivity index (χ3n) is 2.86. The summed E-state index contributed by atoms with van der Waals surface area (Å²) in [5.74, 6) is -0.326. The van der Waals surface area contributed by atoms with Crippen LogP contribution in [0.3, 0.4) is 0 Å². The van der Waals surface area contributed by atoms with Crippen LogP contribution in [0.25, 0.3) is 0 Å².